The monoisotopic (exact) mass is 173 g/mol. The smallest absolute Gasteiger partial charge is 0.115 e. The Bertz CT molecular complexity index is 352. The lowest BCUT2D eigenvalue weighted by molar-refractivity contribution is 0.726. The lowest BCUT2D eigenvalue weighted by atomic mass is 10.1. The minimum absolute atomic E-state index is 0.625. The van der Waals surface area contributed by atoms with E-state index < -0.39 is 0 Å². The zero-order valence-electron chi connectivity index (χ0n) is 7.12. The lowest BCUT2D eigenvalue weighted by Crippen LogP contribution is -2.35. The van der Waals surface area contributed by atoms with Crippen LogP contribution in [0.5, 0.6) is 0 Å². The van der Waals surface area contributed by atoms with Crippen molar-refractivity contribution in [2.45, 2.75) is 0 Å². The van der Waals surface area contributed by atoms with E-state index in [4.69, 9.17) is 5.73 Å². The Hall–Kier alpha value is -1.90. The molecule has 0 spiro atoms. The fraction of sp³-hybridized carbons (Fsp3) is 0. The van der Waals surface area contributed by atoms with Crippen LogP contribution in [-0.4, -0.2) is 0 Å². The maximum absolute atomic E-state index is 5.52. The second-order valence-corrected chi connectivity index (χ2v) is 2.82. The van der Waals surface area contributed by atoms with Crippen LogP contribution in [-0.2, 0) is 0 Å². The first kappa shape index (κ1) is 7.73. The van der Waals surface area contributed by atoms with Crippen molar-refractivity contribution in [1.82, 2.24) is 10.9 Å². The summed E-state index contributed by atoms with van der Waals surface area (Å²) < 4.78 is 0. The van der Waals surface area contributed by atoms with E-state index in [9.17, 15) is 0 Å². The highest BCUT2D eigenvalue weighted by atomic mass is 15.4. The summed E-state index contributed by atoms with van der Waals surface area (Å²) in [6.07, 6.45) is 3.78. The van der Waals surface area contributed by atoms with E-state index >= 15 is 0 Å². The van der Waals surface area contributed by atoms with Crippen molar-refractivity contribution in [1.29, 1.82) is 0 Å². The molecule has 0 aromatic heterocycles. The highest BCUT2D eigenvalue weighted by Crippen LogP contribution is 2.11. The van der Waals surface area contributed by atoms with Crippen molar-refractivity contribution >= 4 is 5.70 Å². The standard InChI is InChI=1S/C10H11N3/c11-10-7-6-9(12-13-10)8-4-2-1-3-5-8/h1-7,12-13H,11H2. The Morgan fingerprint density at radius 2 is 1.69 bits per heavy atom. The molecule has 0 saturated heterocycles. The summed E-state index contributed by atoms with van der Waals surface area (Å²) >= 11 is 0. The van der Waals surface area contributed by atoms with Gasteiger partial charge in [-0.3, -0.25) is 10.9 Å². The molecule has 3 heteroatoms. The molecule has 0 bridgehead atoms. The van der Waals surface area contributed by atoms with Crippen molar-refractivity contribution in [3.63, 3.8) is 0 Å². The van der Waals surface area contributed by atoms with Crippen LogP contribution in [0.2, 0.25) is 0 Å². The fourth-order valence-corrected chi connectivity index (χ4v) is 1.18. The summed E-state index contributed by atoms with van der Waals surface area (Å²) in [6, 6.07) is 10.1. The molecule has 1 aromatic rings. The van der Waals surface area contributed by atoms with Crippen molar-refractivity contribution in [3.05, 3.63) is 53.9 Å². The van der Waals surface area contributed by atoms with Crippen LogP contribution in [0.1, 0.15) is 5.56 Å². The van der Waals surface area contributed by atoms with Gasteiger partial charge in [0.05, 0.1) is 5.70 Å². The average molecular weight is 173 g/mol. The van der Waals surface area contributed by atoms with Gasteiger partial charge in [0.15, 0.2) is 0 Å². The number of nitrogens with one attached hydrogen (secondary N) is 2. The van der Waals surface area contributed by atoms with Gasteiger partial charge >= 0.3 is 0 Å². The van der Waals surface area contributed by atoms with Gasteiger partial charge in [-0.15, -0.1) is 0 Å². The summed E-state index contributed by atoms with van der Waals surface area (Å²) in [7, 11) is 0. The molecular formula is C10H11N3. The first-order chi connectivity index (χ1) is 6.36. The van der Waals surface area contributed by atoms with Crippen LogP contribution in [0.4, 0.5) is 0 Å². The third kappa shape index (κ3) is 1.64. The molecule has 4 N–H and O–H groups in total. The summed E-state index contributed by atoms with van der Waals surface area (Å²) in [4.78, 5) is 0. The predicted molar refractivity (Wildman–Crippen MR) is 53.0 cm³/mol. The second-order valence-electron chi connectivity index (χ2n) is 2.82. The molecular weight excluding hydrogens is 162 g/mol. The van der Waals surface area contributed by atoms with Crippen LogP contribution in [0, 0.1) is 0 Å². The van der Waals surface area contributed by atoms with Crippen molar-refractivity contribution in [3.8, 4) is 0 Å². The van der Waals surface area contributed by atoms with Crippen LogP contribution < -0.4 is 16.6 Å². The normalized spacial score (nSPS) is 15.1. The highest BCUT2D eigenvalue weighted by molar-refractivity contribution is 5.66. The fourth-order valence-electron chi connectivity index (χ4n) is 1.18. The quantitative estimate of drug-likeness (QED) is 0.592. The number of hydrogen-bond acceptors (Lipinski definition) is 3. The molecule has 66 valence electrons. The minimum atomic E-state index is 0.625. The summed E-state index contributed by atoms with van der Waals surface area (Å²) in [5.41, 5.74) is 13.5. The Morgan fingerprint density at radius 1 is 0.923 bits per heavy atom. The molecule has 1 aliphatic rings. The molecule has 1 aliphatic heterocycles. The largest absolute Gasteiger partial charge is 0.384 e. The Balaban J connectivity index is 2.29. The van der Waals surface area contributed by atoms with Gasteiger partial charge in [0.2, 0.25) is 0 Å². The number of benzene rings is 1. The van der Waals surface area contributed by atoms with Crippen molar-refractivity contribution in [2.24, 2.45) is 5.73 Å². The van der Waals surface area contributed by atoms with Crippen LogP contribution in [0.25, 0.3) is 5.70 Å². The summed E-state index contributed by atoms with van der Waals surface area (Å²) in [5, 5.41) is 0. The van der Waals surface area contributed by atoms with E-state index in [2.05, 4.69) is 10.9 Å². The van der Waals surface area contributed by atoms with Gasteiger partial charge in [-0.05, 0) is 17.7 Å². The van der Waals surface area contributed by atoms with Gasteiger partial charge in [0.1, 0.15) is 5.82 Å². The van der Waals surface area contributed by atoms with Gasteiger partial charge < -0.3 is 5.73 Å². The number of nitrogens with two attached hydrogens (primary N) is 1. The topological polar surface area (TPSA) is 50.1 Å². The molecule has 2 rings (SSSR count). The molecule has 0 unspecified atom stereocenters. The van der Waals surface area contributed by atoms with E-state index in [-0.39, 0.29) is 0 Å². The Labute approximate surface area is 76.9 Å². The highest BCUT2D eigenvalue weighted by Gasteiger charge is 2.02. The third-order valence-electron chi connectivity index (χ3n) is 1.86. The van der Waals surface area contributed by atoms with Gasteiger partial charge in [0, 0.05) is 0 Å². The first-order valence-corrected chi connectivity index (χ1v) is 4.11. The minimum Gasteiger partial charge on any atom is -0.384 e. The van der Waals surface area contributed by atoms with E-state index in [1.807, 2.05) is 42.5 Å². The SMILES string of the molecule is NC1=CC=C(c2ccccc2)NN1. The van der Waals surface area contributed by atoms with Gasteiger partial charge in [-0.2, -0.15) is 0 Å². The summed E-state index contributed by atoms with van der Waals surface area (Å²) in [6.45, 7) is 0. The summed E-state index contributed by atoms with van der Waals surface area (Å²) in [5.74, 6) is 0.625. The number of hydrogen-bond donors (Lipinski definition) is 3. The number of rotatable bonds is 1. The molecule has 1 aromatic carbocycles. The van der Waals surface area contributed by atoms with Gasteiger partial charge in [-0.25, -0.2) is 0 Å². The first-order valence-electron chi connectivity index (χ1n) is 4.11. The molecule has 0 amide bonds. The van der Waals surface area contributed by atoms with E-state index in [0.29, 0.717) is 5.82 Å². The predicted octanol–water partition coefficient (Wildman–Crippen LogP) is 0.935. The maximum Gasteiger partial charge on any atom is 0.115 e. The molecule has 0 fully saturated rings. The second kappa shape index (κ2) is 3.23. The van der Waals surface area contributed by atoms with E-state index in [0.717, 1.165) is 11.3 Å². The Kier molecular flexibility index (Phi) is 1.92. The van der Waals surface area contributed by atoms with Gasteiger partial charge in [0.25, 0.3) is 0 Å². The third-order valence-corrected chi connectivity index (χ3v) is 1.86. The molecule has 0 atom stereocenters. The van der Waals surface area contributed by atoms with Crippen molar-refractivity contribution in [2.75, 3.05) is 0 Å². The molecule has 1 heterocycles. The molecule has 0 aliphatic carbocycles. The van der Waals surface area contributed by atoms with Crippen molar-refractivity contribution < 1.29 is 0 Å². The van der Waals surface area contributed by atoms with Crippen LogP contribution >= 0.6 is 0 Å². The lowest BCUT2D eigenvalue weighted by Gasteiger charge is -2.16. The van der Waals surface area contributed by atoms with E-state index in [1.54, 1.807) is 0 Å². The zero-order chi connectivity index (χ0) is 9.10. The number of hydrazine groups is 1. The number of allylic oxidation sites excluding steroid dienone is 2. The zero-order valence-corrected chi connectivity index (χ0v) is 7.12. The van der Waals surface area contributed by atoms with E-state index in [1.165, 1.54) is 0 Å². The molecule has 3 nitrogen and oxygen atoms in total. The maximum atomic E-state index is 5.52. The molecule has 0 radical (unpaired) electrons. The van der Waals surface area contributed by atoms with Gasteiger partial charge in [-0.1, -0.05) is 30.3 Å². The average Bonchev–Trinajstić information content (AvgIpc) is 2.20. The van der Waals surface area contributed by atoms with Crippen LogP contribution in [0.3, 0.4) is 0 Å². The van der Waals surface area contributed by atoms with Crippen LogP contribution in [0.15, 0.2) is 48.3 Å². The Morgan fingerprint density at radius 3 is 2.31 bits per heavy atom. The molecule has 13 heavy (non-hydrogen) atoms. The molecule has 0 saturated carbocycles.